The highest BCUT2D eigenvalue weighted by Gasteiger charge is 2.42. The van der Waals surface area contributed by atoms with E-state index in [1.165, 1.54) is 24.1 Å². The number of carbonyl (C=O) groups is 2. The summed E-state index contributed by atoms with van der Waals surface area (Å²) < 4.78 is 24.5. The summed E-state index contributed by atoms with van der Waals surface area (Å²) in [7, 11) is 1.26. The molecule has 154 valence electrons. The van der Waals surface area contributed by atoms with Crippen molar-refractivity contribution in [1.82, 2.24) is 15.1 Å². The minimum atomic E-state index is -0.831. The van der Waals surface area contributed by atoms with Crippen LogP contribution in [0.3, 0.4) is 0 Å². The average molecular weight is 409 g/mol. The molecule has 1 saturated heterocycles. The first-order valence-electron chi connectivity index (χ1n) is 9.47. The topological polar surface area (TPSA) is 84.5 Å². The van der Waals surface area contributed by atoms with Gasteiger partial charge in [0.15, 0.2) is 11.6 Å². The van der Waals surface area contributed by atoms with Crippen LogP contribution in [0, 0.1) is 5.82 Å². The van der Waals surface area contributed by atoms with E-state index in [1.807, 2.05) is 30.3 Å². The minimum Gasteiger partial charge on any atom is -0.485 e. The lowest BCUT2D eigenvalue weighted by Gasteiger charge is -2.21. The van der Waals surface area contributed by atoms with Crippen molar-refractivity contribution in [3.05, 3.63) is 72.2 Å². The molecule has 7 nitrogen and oxygen atoms in total. The van der Waals surface area contributed by atoms with E-state index in [0.717, 1.165) is 5.56 Å². The molecule has 0 spiro atoms. The summed E-state index contributed by atoms with van der Waals surface area (Å²) in [6, 6.07) is 16.2. The Bertz CT molecular complexity index is 1050. The van der Waals surface area contributed by atoms with E-state index in [1.54, 1.807) is 18.2 Å². The van der Waals surface area contributed by atoms with Crippen molar-refractivity contribution in [2.45, 2.75) is 18.6 Å². The summed E-state index contributed by atoms with van der Waals surface area (Å²) in [4.78, 5) is 26.8. The molecular formula is C22H20FN3O4. The van der Waals surface area contributed by atoms with Gasteiger partial charge in [0.05, 0.1) is 19.3 Å². The zero-order chi connectivity index (χ0) is 21.1. The van der Waals surface area contributed by atoms with Crippen LogP contribution in [-0.4, -0.2) is 52.8 Å². The summed E-state index contributed by atoms with van der Waals surface area (Å²) in [5.74, 6) is -1.38. The van der Waals surface area contributed by atoms with E-state index < -0.39 is 29.8 Å². The number of carbonyl (C=O) groups excluding carboxylic acids is 2. The second-order valence-electron chi connectivity index (χ2n) is 6.94. The zero-order valence-electron chi connectivity index (χ0n) is 16.2. The van der Waals surface area contributed by atoms with Crippen molar-refractivity contribution in [2.24, 2.45) is 0 Å². The first-order valence-corrected chi connectivity index (χ1v) is 9.47. The van der Waals surface area contributed by atoms with Crippen LogP contribution in [0.15, 0.2) is 60.7 Å². The monoisotopic (exact) mass is 409 g/mol. The molecule has 1 amide bonds. The number of halogens is 1. The minimum absolute atomic E-state index is 0.0771. The molecule has 1 N–H and O–H groups in total. The van der Waals surface area contributed by atoms with Gasteiger partial charge in [0.25, 0.3) is 5.91 Å². The number of esters is 1. The first kappa shape index (κ1) is 19.6. The van der Waals surface area contributed by atoms with Gasteiger partial charge in [-0.05, 0) is 18.2 Å². The lowest BCUT2D eigenvalue weighted by atomic mass is 10.1. The largest absolute Gasteiger partial charge is 0.485 e. The predicted octanol–water partition coefficient (Wildman–Crippen LogP) is 3.05. The van der Waals surface area contributed by atoms with Crippen molar-refractivity contribution in [1.29, 1.82) is 0 Å². The smallest absolute Gasteiger partial charge is 0.328 e. The SMILES string of the molecule is COC(=O)C1CC(Oc2ccccc2F)CN1C(=O)c1cc(-c2ccccc2)n[nH]1. The Hall–Kier alpha value is -3.68. The van der Waals surface area contributed by atoms with Crippen LogP contribution in [0.5, 0.6) is 5.75 Å². The highest BCUT2D eigenvalue weighted by molar-refractivity contribution is 5.96. The van der Waals surface area contributed by atoms with Gasteiger partial charge in [0.2, 0.25) is 0 Å². The highest BCUT2D eigenvalue weighted by atomic mass is 19.1. The Labute approximate surface area is 172 Å². The number of aromatic amines is 1. The molecule has 2 heterocycles. The van der Waals surface area contributed by atoms with Crippen molar-refractivity contribution in [3.63, 3.8) is 0 Å². The molecule has 2 aromatic carbocycles. The number of hydrogen-bond acceptors (Lipinski definition) is 5. The number of rotatable bonds is 5. The van der Waals surface area contributed by atoms with Gasteiger partial charge in [0.1, 0.15) is 17.8 Å². The maximum atomic E-state index is 13.9. The van der Waals surface area contributed by atoms with Gasteiger partial charge in [-0.1, -0.05) is 42.5 Å². The van der Waals surface area contributed by atoms with Gasteiger partial charge in [-0.15, -0.1) is 0 Å². The number of nitrogens with one attached hydrogen (secondary N) is 1. The third-order valence-electron chi connectivity index (χ3n) is 5.00. The molecule has 1 aliphatic heterocycles. The first-order chi connectivity index (χ1) is 14.6. The molecule has 3 aromatic rings. The summed E-state index contributed by atoms with van der Waals surface area (Å²) in [5, 5.41) is 6.94. The maximum Gasteiger partial charge on any atom is 0.328 e. The number of para-hydroxylation sites is 1. The molecule has 1 fully saturated rings. The number of hydrogen-bond donors (Lipinski definition) is 1. The summed E-state index contributed by atoms with van der Waals surface area (Å²) in [6.07, 6.45) is -0.349. The molecule has 0 saturated carbocycles. The standard InChI is InChI=1S/C22H20FN3O4/c1-29-22(28)19-11-15(30-20-10-6-5-9-16(20)23)13-26(19)21(27)18-12-17(24-25-18)14-7-3-2-4-8-14/h2-10,12,15,19H,11,13H2,1H3,(H,24,25). The zero-order valence-corrected chi connectivity index (χ0v) is 16.2. The summed E-state index contributed by atoms with van der Waals surface area (Å²) in [5.41, 5.74) is 1.72. The fourth-order valence-electron chi connectivity index (χ4n) is 3.53. The molecular weight excluding hydrogens is 389 g/mol. The third-order valence-corrected chi connectivity index (χ3v) is 5.00. The van der Waals surface area contributed by atoms with E-state index in [4.69, 9.17) is 9.47 Å². The number of likely N-dealkylation sites (tertiary alicyclic amines) is 1. The van der Waals surface area contributed by atoms with Crippen LogP contribution >= 0.6 is 0 Å². The highest BCUT2D eigenvalue weighted by Crippen LogP contribution is 2.27. The van der Waals surface area contributed by atoms with Crippen molar-refractivity contribution in [3.8, 4) is 17.0 Å². The molecule has 2 unspecified atom stereocenters. The number of nitrogens with zero attached hydrogens (tertiary/aromatic N) is 2. The van der Waals surface area contributed by atoms with E-state index >= 15 is 0 Å². The summed E-state index contributed by atoms with van der Waals surface area (Å²) in [6.45, 7) is 0.118. The Kier molecular flexibility index (Phi) is 5.47. The molecule has 4 rings (SSSR count). The Morgan fingerprint density at radius 1 is 1.13 bits per heavy atom. The van der Waals surface area contributed by atoms with E-state index in [9.17, 15) is 14.0 Å². The number of aromatic nitrogens is 2. The molecule has 0 bridgehead atoms. The van der Waals surface area contributed by atoms with Crippen LogP contribution in [0.2, 0.25) is 0 Å². The molecule has 0 aliphatic carbocycles. The number of methoxy groups -OCH3 is 1. The average Bonchev–Trinajstić information content (AvgIpc) is 3.43. The van der Waals surface area contributed by atoms with Crippen LogP contribution < -0.4 is 4.74 Å². The molecule has 1 aromatic heterocycles. The van der Waals surface area contributed by atoms with E-state index in [-0.39, 0.29) is 24.4 Å². The van der Waals surface area contributed by atoms with Crippen LogP contribution in [0.25, 0.3) is 11.3 Å². The number of amides is 1. The van der Waals surface area contributed by atoms with Crippen LogP contribution in [-0.2, 0) is 9.53 Å². The fourth-order valence-corrected chi connectivity index (χ4v) is 3.53. The van der Waals surface area contributed by atoms with Gasteiger partial charge < -0.3 is 14.4 Å². The lowest BCUT2D eigenvalue weighted by Crippen LogP contribution is -2.41. The number of ether oxygens (including phenoxy) is 2. The fraction of sp³-hybridized carbons (Fsp3) is 0.227. The number of benzene rings is 2. The van der Waals surface area contributed by atoms with Crippen LogP contribution in [0.1, 0.15) is 16.9 Å². The van der Waals surface area contributed by atoms with Crippen molar-refractivity contribution >= 4 is 11.9 Å². The van der Waals surface area contributed by atoms with Crippen molar-refractivity contribution < 1.29 is 23.5 Å². The molecule has 1 aliphatic rings. The molecule has 0 radical (unpaired) electrons. The maximum absolute atomic E-state index is 13.9. The second kappa shape index (κ2) is 8.36. The molecule has 30 heavy (non-hydrogen) atoms. The van der Waals surface area contributed by atoms with Gasteiger partial charge in [0, 0.05) is 12.0 Å². The quantitative estimate of drug-likeness (QED) is 0.655. The Morgan fingerprint density at radius 2 is 1.87 bits per heavy atom. The summed E-state index contributed by atoms with van der Waals surface area (Å²) >= 11 is 0. The van der Waals surface area contributed by atoms with Gasteiger partial charge in [-0.3, -0.25) is 9.89 Å². The predicted molar refractivity (Wildman–Crippen MR) is 106 cm³/mol. The molecule has 2 atom stereocenters. The van der Waals surface area contributed by atoms with Gasteiger partial charge in [-0.2, -0.15) is 5.10 Å². The molecule has 8 heteroatoms. The van der Waals surface area contributed by atoms with Gasteiger partial charge in [-0.25, -0.2) is 9.18 Å². The van der Waals surface area contributed by atoms with Gasteiger partial charge >= 0.3 is 5.97 Å². The lowest BCUT2D eigenvalue weighted by molar-refractivity contribution is -0.145. The number of H-pyrrole nitrogens is 1. The Balaban J connectivity index is 1.55. The van der Waals surface area contributed by atoms with E-state index in [2.05, 4.69) is 10.2 Å². The van der Waals surface area contributed by atoms with Crippen LogP contribution in [0.4, 0.5) is 4.39 Å². The second-order valence-corrected chi connectivity index (χ2v) is 6.94. The Morgan fingerprint density at radius 3 is 2.60 bits per heavy atom. The van der Waals surface area contributed by atoms with E-state index in [0.29, 0.717) is 5.69 Å². The third kappa shape index (κ3) is 3.89. The van der Waals surface area contributed by atoms with Crippen molar-refractivity contribution in [2.75, 3.05) is 13.7 Å². The normalized spacial score (nSPS) is 18.3.